The Bertz CT molecular complexity index is 136. The molecule has 0 bridgehead atoms. The van der Waals surface area contributed by atoms with E-state index in [1.807, 2.05) is 0 Å². The van der Waals surface area contributed by atoms with Gasteiger partial charge in [0.05, 0.1) is 0 Å². The molecule has 1 atom stereocenters. The van der Waals surface area contributed by atoms with Crippen LogP contribution >= 0.6 is 0 Å². The highest BCUT2D eigenvalue weighted by molar-refractivity contribution is 4.96. The van der Waals surface area contributed by atoms with Crippen LogP contribution in [0.5, 0.6) is 0 Å². The average molecular weight is 169 g/mol. The second-order valence-corrected chi connectivity index (χ2v) is 5.01. The Morgan fingerprint density at radius 2 is 1.83 bits per heavy atom. The molecule has 1 fully saturated rings. The lowest BCUT2D eigenvalue weighted by Gasteiger charge is -2.20. The van der Waals surface area contributed by atoms with E-state index >= 15 is 0 Å². The van der Waals surface area contributed by atoms with Crippen molar-refractivity contribution in [1.82, 2.24) is 5.32 Å². The highest BCUT2D eigenvalue weighted by Gasteiger charge is 2.41. The van der Waals surface area contributed by atoms with Gasteiger partial charge >= 0.3 is 0 Å². The summed E-state index contributed by atoms with van der Waals surface area (Å²) in [5, 5.41) is 3.62. The second kappa shape index (κ2) is 3.78. The van der Waals surface area contributed by atoms with E-state index in [1.54, 1.807) is 0 Å². The Labute approximate surface area is 76.9 Å². The molecule has 0 aromatic heterocycles. The van der Waals surface area contributed by atoms with Gasteiger partial charge in [-0.05, 0) is 44.1 Å². The van der Waals surface area contributed by atoms with Crippen LogP contribution in [0.4, 0.5) is 0 Å². The maximum atomic E-state index is 3.62. The summed E-state index contributed by atoms with van der Waals surface area (Å²) in [6.45, 7) is 10.5. The molecule has 0 heterocycles. The Balaban J connectivity index is 2.07. The molecule has 0 aliphatic heterocycles. The van der Waals surface area contributed by atoms with Crippen LogP contribution in [0.2, 0.25) is 0 Å². The highest BCUT2D eigenvalue weighted by Crippen LogP contribution is 2.47. The van der Waals surface area contributed by atoms with E-state index in [4.69, 9.17) is 0 Å². The lowest BCUT2D eigenvalue weighted by Crippen LogP contribution is -2.34. The monoisotopic (exact) mass is 169 g/mol. The summed E-state index contributed by atoms with van der Waals surface area (Å²) < 4.78 is 0. The molecule has 0 radical (unpaired) electrons. The summed E-state index contributed by atoms with van der Waals surface area (Å²) in [6.07, 6.45) is 4.14. The first-order valence-electron chi connectivity index (χ1n) is 5.28. The number of hydrogen-bond donors (Lipinski definition) is 1. The van der Waals surface area contributed by atoms with Gasteiger partial charge in [0.2, 0.25) is 0 Å². The van der Waals surface area contributed by atoms with Gasteiger partial charge in [-0.25, -0.2) is 0 Å². The summed E-state index contributed by atoms with van der Waals surface area (Å²) in [4.78, 5) is 0. The van der Waals surface area contributed by atoms with Crippen molar-refractivity contribution < 1.29 is 0 Å². The van der Waals surface area contributed by atoms with Gasteiger partial charge in [0.1, 0.15) is 0 Å². The minimum absolute atomic E-state index is 0.636. The number of rotatable bonds is 5. The lowest BCUT2D eigenvalue weighted by molar-refractivity contribution is 0.369. The topological polar surface area (TPSA) is 12.0 Å². The fourth-order valence-corrected chi connectivity index (χ4v) is 1.47. The predicted octanol–water partition coefficient (Wildman–Crippen LogP) is 2.81. The molecule has 0 amide bonds. The number of nitrogens with one attached hydrogen (secondary N) is 1. The fraction of sp³-hybridized carbons (Fsp3) is 1.00. The summed E-state index contributed by atoms with van der Waals surface area (Å²) in [6, 6.07) is 0.719. The zero-order valence-corrected chi connectivity index (χ0v) is 8.98. The van der Waals surface area contributed by atoms with Gasteiger partial charge in [-0.2, -0.15) is 0 Å². The van der Waals surface area contributed by atoms with Crippen molar-refractivity contribution in [3.8, 4) is 0 Å². The van der Waals surface area contributed by atoms with Crippen LogP contribution in [0.1, 0.15) is 47.0 Å². The van der Waals surface area contributed by atoms with Gasteiger partial charge in [-0.1, -0.05) is 20.8 Å². The molecule has 1 unspecified atom stereocenters. The molecule has 0 saturated heterocycles. The summed E-state index contributed by atoms with van der Waals surface area (Å²) in [5.74, 6) is 0.830. The van der Waals surface area contributed by atoms with Crippen molar-refractivity contribution in [3.63, 3.8) is 0 Å². The van der Waals surface area contributed by atoms with E-state index in [9.17, 15) is 0 Å². The van der Waals surface area contributed by atoms with Crippen molar-refractivity contribution in [3.05, 3.63) is 0 Å². The molecular formula is C11H23N. The van der Waals surface area contributed by atoms with Gasteiger partial charge in [-0.15, -0.1) is 0 Å². The van der Waals surface area contributed by atoms with Crippen molar-refractivity contribution in [1.29, 1.82) is 0 Å². The van der Waals surface area contributed by atoms with E-state index in [0.717, 1.165) is 12.0 Å². The molecule has 1 aliphatic carbocycles. The van der Waals surface area contributed by atoms with Crippen molar-refractivity contribution in [2.75, 3.05) is 6.54 Å². The predicted molar refractivity (Wildman–Crippen MR) is 54.3 cm³/mol. The van der Waals surface area contributed by atoms with Crippen LogP contribution in [0.3, 0.4) is 0 Å². The zero-order valence-electron chi connectivity index (χ0n) is 8.98. The van der Waals surface area contributed by atoms with Gasteiger partial charge in [0.15, 0.2) is 0 Å². The molecule has 1 saturated carbocycles. The molecule has 0 aromatic carbocycles. The standard InChI is InChI=1S/C11H23N/c1-9(2)5-8-12-10(3)11(4)6-7-11/h9-10,12H,5-8H2,1-4H3. The third-order valence-corrected chi connectivity index (χ3v) is 3.26. The van der Waals surface area contributed by atoms with E-state index in [0.29, 0.717) is 5.41 Å². The minimum atomic E-state index is 0.636. The third kappa shape index (κ3) is 2.78. The molecule has 72 valence electrons. The van der Waals surface area contributed by atoms with E-state index in [2.05, 4.69) is 33.0 Å². The molecule has 1 rings (SSSR count). The van der Waals surface area contributed by atoms with E-state index in [-0.39, 0.29) is 0 Å². The fourth-order valence-electron chi connectivity index (χ4n) is 1.47. The van der Waals surface area contributed by atoms with Crippen LogP contribution in [0, 0.1) is 11.3 Å². The Kier molecular flexibility index (Phi) is 3.16. The molecule has 12 heavy (non-hydrogen) atoms. The largest absolute Gasteiger partial charge is 0.314 e. The lowest BCUT2D eigenvalue weighted by atomic mass is 10.0. The maximum absolute atomic E-state index is 3.62. The zero-order chi connectivity index (χ0) is 9.19. The quantitative estimate of drug-likeness (QED) is 0.667. The number of hydrogen-bond acceptors (Lipinski definition) is 1. The maximum Gasteiger partial charge on any atom is 0.00925 e. The second-order valence-electron chi connectivity index (χ2n) is 5.01. The van der Waals surface area contributed by atoms with Gasteiger partial charge in [0.25, 0.3) is 0 Å². The minimum Gasteiger partial charge on any atom is -0.314 e. The summed E-state index contributed by atoms with van der Waals surface area (Å²) in [5.41, 5.74) is 0.636. The Morgan fingerprint density at radius 3 is 2.25 bits per heavy atom. The van der Waals surface area contributed by atoms with Crippen LogP contribution in [0.25, 0.3) is 0 Å². The normalized spacial score (nSPS) is 22.8. The molecule has 0 aromatic rings. The van der Waals surface area contributed by atoms with E-state index in [1.165, 1.54) is 25.8 Å². The van der Waals surface area contributed by atoms with Crippen LogP contribution in [-0.2, 0) is 0 Å². The summed E-state index contributed by atoms with van der Waals surface area (Å²) >= 11 is 0. The Hall–Kier alpha value is -0.0400. The molecule has 1 N–H and O–H groups in total. The Morgan fingerprint density at radius 1 is 1.25 bits per heavy atom. The van der Waals surface area contributed by atoms with Gasteiger partial charge in [-0.3, -0.25) is 0 Å². The summed E-state index contributed by atoms with van der Waals surface area (Å²) in [7, 11) is 0. The van der Waals surface area contributed by atoms with Gasteiger partial charge in [0, 0.05) is 6.04 Å². The molecule has 1 heteroatoms. The van der Waals surface area contributed by atoms with Crippen LogP contribution in [0.15, 0.2) is 0 Å². The van der Waals surface area contributed by atoms with Crippen molar-refractivity contribution in [2.24, 2.45) is 11.3 Å². The smallest absolute Gasteiger partial charge is 0.00925 e. The molecular weight excluding hydrogens is 146 g/mol. The van der Waals surface area contributed by atoms with Crippen molar-refractivity contribution >= 4 is 0 Å². The molecule has 1 aliphatic rings. The highest BCUT2D eigenvalue weighted by atomic mass is 14.9. The van der Waals surface area contributed by atoms with Gasteiger partial charge < -0.3 is 5.32 Å². The first-order chi connectivity index (χ1) is 5.54. The molecule has 0 spiro atoms. The van der Waals surface area contributed by atoms with Crippen molar-refractivity contribution in [2.45, 2.75) is 53.0 Å². The van der Waals surface area contributed by atoms with E-state index < -0.39 is 0 Å². The van der Waals surface area contributed by atoms with Crippen LogP contribution in [-0.4, -0.2) is 12.6 Å². The third-order valence-electron chi connectivity index (χ3n) is 3.26. The first kappa shape index (κ1) is 10.0. The SMILES string of the molecule is CC(C)CCNC(C)C1(C)CC1. The molecule has 1 nitrogen and oxygen atoms in total. The average Bonchev–Trinajstić information content (AvgIpc) is 2.68. The van der Waals surface area contributed by atoms with Crippen LogP contribution < -0.4 is 5.32 Å². The first-order valence-corrected chi connectivity index (χ1v) is 5.28.